The first-order valence-electron chi connectivity index (χ1n) is 8.96. The minimum absolute atomic E-state index is 0.0538. The van der Waals surface area contributed by atoms with Crippen LogP contribution in [0.5, 0.6) is 5.75 Å². The molecule has 6 heteroatoms. The third-order valence-corrected chi connectivity index (χ3v) is 4.30. The van der Waals surface area contributed by atoms with Gasteiger partial charge in [0.05, 0.1) is 6.61 Å². The van der Waals surface area contributed by atoms with Crippen molar-refractivity contribution >= 4 is 23.4 Å². The van der Waals surface area contributed by atoms with Crippen molar-refractivity contribution in [3.05, 3.63) is 64.7 Å². The van der Waals surface area contributed by atoms with Crippen LogP contribution in [0.3, 0.4) is 0 Å². The molecule has 0 radical (unpaired) electrons. The lowest BCUT2D eigenvalue weighted by Gasteiger charge is -2.22. The summed E-state index contributed by atoms with van der Waals surface area (Å²) in [6.45, 7) is 6.62. The molecule has 0 aromatic heterocycles. The molecule has 2 N–H and O–H groups in total. The van der Waals surface area contributed by atoms with Crippen LogP contribution < -0.4 is 15.4 Å². The Morgan fingerprint density at radius 1 is 1.04 bits per heavy atom. The summed E-state index contributed by atoms with van der Waals surface area (Å²) in [4.78, 5) is 25.1. The first-order chi connectivity index (χ1) is 12.9. The predicted molar refractivity (Wildman–Crippen MR) is 107 cm³/mol. The van der Waals surface area contributed by atoms with Gasteiger partial charge in [-0.2, -0.15) is 0 Å². The lowest BCUT2D eigenvalue weighted by atomic mass is 10.0. The van der Waals surface area contributed by atoms with Gasteiger partial charge >= 0.3 is 0 Å². The maximum atomic E-state index is 12.6. The highest BCUT2D eigenvalue weighted by atomic mass is 35.5. The number of carbonyl (C=O) groups is 2. The number of nitrogens with one attached hydrogen (secondary N) is 2. The largest absolute Gasteiger partial charge is 0.494 e. The molecule has 0 bridgehead atoms. The molecule has 0 aliphatic rings. The van der Waals surface area contributed by atoms with Crippen molar-refractivity contribution in [1.29, 1.82) is 0 Å². The highest BCUT2D eigenvalue weighted by Gasteiger charge is 2.24. The molecule has 0 heterocycles. The van der Waals surface area contributed by atoms with Crippen molar-refractivity contribution in [2.45, 2.75) is 33.4 Å². The Labute approximate surface area is 165 Å². The zero-order chi connectivity index (χ0) is 19.8. The van der Waals surface area contributed by atoms with E-state index in [4.69, 9.17) is 16.3 Å². The molecule has 5 nitrogen and oxygen atoms in total. The van der Waals surface area contributed by atoms with E-state index in [-0.39, 0.29) is 17.7 Å². The van der Waals surface area contributed by atoms with Gasteiger partial charge in [-0.15, -0.1) is 0 Å². The highest BCUT2D eigenvalue weighted by molar-refractivity contribution is 6.30. The predicted octanol–water partition coefficient (Wildman–Crippen LogP) is 3.81. The van der Waals surface area contributed by atoms with Crippen LogP contribution in [0, 0.1) is 5.92 Å². The molecule has 1 atom stereocenters. The SMILES string of the molecule is CCOc1ccc(C(=O)N[C@H](C(=O)NCc2ccc(Cl)cc2)C(C)C)cc1. The van der Waals surface area contributed by atoms with Crippen LogP contribution in [0.2, 0.25) is 5.02 Å². The van der Waals surface area contributed by atoms with Crippen molar-refractivity contribution in [2.75, 3.05) is 6.61 Å². The molecule has 2 rings (SSSR count). The maximum absolute atomic E-state index is 12.6. The summed E-state index contributed by atoms with van der Waals surface area (Å²) in [5.41, 5.74) is 1.42. The Hall–Kier alpha value is -2.53. The molecule has 0 spiro atoms. The lowest BCUT2D eigenvalue weighted by Crippen LogP contribution is -2.49. The second kappa shape index (κ2) is 9.97. The van der Waals surface area contributed by atoms with Crippen molar-refractivity contribution in [1.82, 2.24) is 10.6 Å². The zero-order valence-corrected chi connectivity index (χ0v) is 16.5. The van der Waals surface area contributed by atoms with Gasteiger partial charge in [-0.3, -0.25) is 9.59 Å². The van der Waals surface area contributed by atoms with E-state index >= 15 is 0 Å². The zero-order valence-electron chi connectivity index (χ0n) is 15.8. The van der Waals surface area contributed by atoms with Gasteiger partial charge in [0, 0.05) is 17.1 Å². The Bertz CT molecular complexity index is 758. The Kier molecular flexibility index (Phi) is 7.67. The number of benzene rings is 2. The Balaban J connectivity index is 1.97. The third-order valence-electron chi connectivity index (χ3n) is 4.04. The summed E-state index contributed by atoms with van der Waals surface area (Å²) in [5.74, 6) is 0.134. The molecular weight excluding hydrogens is 364 g/mol. The highest BCUT2D eigenvalue weighted by Crippen LogP contribution is 2.13. The quantitative estimate of drug-likeness (QED) is 0.722. The van der Waals surface area contributed by atoms with Crippen molar-refractivity contribution in [2.24, 2.45) is 5.92 Å². The summed E-state index contributed by atoms with van der Waals surface area (Å²) < 4.78 is 5.38. The van der Waals surface area contributed by atoms with Crippen molar-refractivity contribution in [3.63, 3.8) is 0 Å². The third kappa shape index (κ3) is 6.29. The summed E-state index contributed by atoms with van der Waals surface area (Å²) in [7, 11) is 0. The van der Waals surface area contributed by atoms with E-state index in [1.54, 1.807) is 36.4 Å². The van der Waals surface area contributed by atoms with E-state index < -0.39 is 6.04 Å². The summed E-state index contributed by atoms with van der Waals surface area (Å²) >= 11 is 5.87. The van der Waals surface area contributed by atoms with Gasteiger partial charge in [-0.05, 0) is 54.8 Å². The van der Waals surface area contributed by atoms with Crippen molar-refractivity contribution < 1.29 is 14.3 Å². The van der Waals surface area contributed by atoms with Gasteiger partial charge in [0.1, 0.15) is 11.8 Å². The topological polar surface area (TPSA) is 67.4 Å². The van der Waals surface area contributed by atoms with Gasteiger partial charge < -0.3 is 15.4 Å². The van der Waals surface area contributed by atoms with E-state index in [9.17, 15) is 9.59 Å². The van der Waals surface area contributed by atoms with Gasteiger partial charge in [0.2, 0.25) is 5.91 Å². The normalized spacial score (nSPS) is 11.7. The molecule has 0 saturated carbocycles. The first kappa shape index (κ1) is 20.8. The smallest absolute Gasteiger partial charge is 0.251 e. The number of halogens is 1. The molecule has 2 amide bonds. The summed E-state index contributed by atoms with van der Waals surface area (Å²) in [5, 5.41) is 6.33. The maximum Gasteiger partial charge on any atom is 0.251 e. The van der Waals surface area contributed by atoms with E-state index in [2.05, 4.69) is 10.6 Å². The van der Waals surface area contributed by atoms with Crippen LogP contribution in [0.15, 0.2) is 48.5 Å². The Morgan fingerprint density at radius 2 is 1.67 bits per heavy atom. The fourth-order valence-electron chi connectivity index (χ4n) is 2.53. The molecule has 0 aliphatic carbocycles. The number of carbonyl (C=O) groups excluding carboxylic acids is 2. The van der Waals surface area contributed by atoms with Crippen molar-refractivity contribution in [3.8, 4) is 5.75 Å². The average molecular weight is 389 g/mol. The second-order valence-corrected chi connectivity index (χ2v) is 6.93. The molecule has 2 aromatic rings. The van der Waals surface area contributed by atoms with E-state index in [0.717, 1.165) is 5.56 Å². The van der Waals surface area contributed by atoms with Crippen LogP contribution in [-0.4, -0.2) is 24.5 Å². The van der Waals surface area contributed by atoms with Crippen LogP contribution >= 0.6 is 11.6 Å². The van der Waals surface area contributed by atoms with Gasteiger partial charge in [0.25, 0.3) is 5.91 Å². The molecule has 2 aromatic carbocycles. The minimum Gasteiger partial charge on any atom is -0.494 e. The van der Waals surface area contributed by atoms with Gasteiger partial charge in [0.15, 0.2) is 0 Å². The first-order valence-corrected chi connectivity index (χ1v) is 9.34. The second-order valence-electron chi connectivity index (χ2n) is 6.50. The number of rotatable bonds is 8. The van der Waals surface area contributed by atoms with Crippen LogP contribution in [0.25, 0.3) is 0 Å². The summed E-state index contributed by atoms with van der Waals surface area (Å²) in [6, 6.07) is 13.5. The molecular formula is C21H25ClN2O3. The van der Waals surface area contributed by atoms with Crippen LogP contribution in [-0.2, 0) is 11.3 Å². The lowest BCUT2D eigenvalue weighted by molar-refractivity contribution is -0.124. The number of amides is 2. The average Bonchev–Trinajstić information content (AvgIpc) is 2.66. The molecule has 144 valence electrons. The van der Waals surface area contributed by atoms with Gasteiger partial charge in [-0.25, -0.2) is 0 Å². The molecule has 27 heavy (non-hydrogen) atoms. The number of hydrogen-bond donors (Lipinski definition) is 2. The standard InChI is InChI=1S/C21H25ClN2O3/c1-4-27-18-11-7-16(8-12-18)20(25)24-19(14(2)3)21(26)23-13-15-5-9-17(22)10-6-15/h5-12,14,19H,4,13H2,1-3H3,(H,23,26)(H,24,25)/t19-/m0/s1. The van der Waals surface area contributed by atoms with E-state index in [1.165, 1.54) is 0 Å². The van der Waals surface area contributed by atoms with E-state index in [0.29, 0.717) is 29.5 Å². The molecule has 0 aliphatic heterocycles. The van der Waals surface area contributed by atoms with Crippen LogP contribution in [0.4, 0.5) is 0 Å². The monoisotopic (exact) mass is 388 g/mol. The summed E-state index contributed by atoms with van der Waals surface area (Å²) in [6.07, 6.45) is 0. The van der Waals surface area contributed by atoms with E-state index in [1.807, 2.05) is 32.9 Å². The molecule has 0 fully saturated rings. The van der Waals surface area contributed by atoms with Crippen LogP contribution in [0.1, 0.15) is 36.7 Å². The Morgan fingerprint density at radius 3 is 2.22 bits per heavy atom. The fraction of sp³-hybridized carbons (Fsp3) is 0.333. The number of ether oxygens (including phenoxy) is 1. The minimum atomic E-state index is -0.628. The molecule has 0 unspecified atom stereocenters. The molecule has 0 saturated heterocycles. The van der Waals surface area contributed by atoms with Gasteiger partial charge in [-0.1, -0.05) is 37.6 Å². The number of hydrogen-bond acceptors (Lipinski definition) is 3. The fourth-order valence-corrected chi connectivity index (χ4v) is 2.66.